The SMILES string of the molecule is CC1(C)CCN(Cc2cc3c(cc2N)OCCO3)C1. The largest absolute Gasteiger partial charge is 0.486 e. The summed E-state index contributed by atoms with van der Waals surface area (Å²) in [5.74, 6) is 1.60. The van der Waals surface area contributed by atoms with Crippen LogP contribution in [0.15, 0.2) is 12.1 Å². The van der Waals surface area contributed by atoms with Gasteiger partial charge >= 0.3 is 0 Å². The Bertz CT molecular complexity index is 485. The molecule has 4 nitrogen and oxygen atoms in total. The number of hydrogen-bond donors (Lipinski definition) is 1. The second kappa shape index (κ2) is 4.60. The summed E-state index contributed by atoms with van der Waals surface area (Å²) in [4.78, 5) is 2.46. The first-order valence-electron chi connectivity index (χ1n) is 6.94. The van der Waals surface area contributed by atoms with Crippen LogP contribution in [0.3, 0.4) is 0 Å². The predicted molar refractivity (Wildman–Crippen MR) is 75.5 cm³/mol. The zero-order chi connectivity index (χ0) is 13.5. The third-order valence-electron chi connectivity index (χ3n) is 3.95. The van der Waals surface area contributed by atoms with Gasteiger partial charge < -0.3 is 15.2 Å². The van der Waals surface area contributed by atoms with E-state index in [0.29, 0.717) is 18.6 Å². The molecule has 2 N–H and O–H groups in total. The summed E-state index contributed by atoms with van der Waals surface area (Å²) in [6.45, 7) is 9.02. The molecular weight excluding hydrogens is 240 g/mol. The third-order valence-corrected chi connectivity index (χ3v) is 3.95. The lowest BCUT2D eigenvalue weighted by Crippen LogP contribution is -2.23. The second-order valence-electron chi connectivity index (χ2n) is 6.32. The Morgan fingerprint density at radius 2 is 1.89 bits per heavy atom. The Kier molecular flexibility index (Phi) is 3.05. The van der Waals surface area contributed by atoms with Crippen LogP contribution in [0.1, 0.15) is 25.8 Å². The van der Waals surface area contributed by atoms with E-state index in [9.17, 15) is 0 Å². The molecule has 0 unspecified atom stereocenters. The standard InChI is InChI=1S/C15H22N2O2/c1-15(2)3-4-17(10-15)9-11-7-13-14(8-12(11)16)19-6-5-18-13/h7-8H,3-6,9-10,16H2,1-2H3. The summed E-state index contributed by atoms with van der Waals surface area (Å²) in [6.07, 6.45) is 1.25. The number of nitrogen functional groups attached to an aromatic ring is 1. The highest BCUT2D eigenvalue weighted by atomic mass is 16.6. The van der Waals surface area contributed by atoms with Gasteiger partial charge in [-0.05, 0) is 30.0 Å². The minimum Gasteiger partial charge on any atom is -0.486 e. The average Bonchev–Trinajstić information content (AvgIpc) is 2.70. The van der Waals surface area contributed by atoms with Crippen LogP contribution >= 0.6 is 0 Å². The van der Waals surface area contributed by atoms with Gasteiger partial charge in [0.25, 0.3) is 0 Å². The molecule has 2 heterocycles. The molecule has 1 aromatic carbocycles. The molecule has 19 heavy (non-hydrogen) atoms. The molecule has 1 fully saturated rings. The van der Waals surface area contributed by atoms with Crippen LogP contribution in [0.2, 0.25) is 0 Å². The molecule has 1 aromatic rings. The van der Waals surface area contributed by atoms with Gasteiger partial charge in [-0.2, -0.15) is 0 Å². The van der Waals surface area contributed by atoms with Crippen LogP contribution in [0.25, 0.3) is 0 Å². The van der Waals surface area contributed by atoms with Gasteiger partial charge in [-0.3, -0.25) is 4.90 Å². The van der Waals surface area contributed by atoms with Crippen LogP contribution < -0.4 is 15.2 Å². The number of ether oxygens (including phenoxy) is 2. The summed E-state index contributed by atoms with van der Waals surface area (Å²) in [5, 5.41) is 0. The van der Waals surface area contributed by atoms with Gasteiger partial charge in [-0.15, -0.1) is 0 Å². The zero-order valence-corrected chi connectivity index (χ0v) is 11.7. The maximum atomic E-state index is 6.13. The smallest absolute Gasteiger partial charge is 0.163 e. The van der Waals surface area contributed by atoms with E-state index in [-0.39, 0.29) is 0 Å². The number of fused-ring (bicyclic) bond motifs is 1. The molecule has 1 saturated heterocycles. The molecule has 2 aliphatic rings. The van der Waals surface area contributed by atoms with E-state index in [1.54, 1.807) is 0 Å². The first-order valence-corrected chi connectivity index (χ1v) is 6.94. The van der Waals surface area contributed by atoms with Crippen molar-refractivity contribution in [1.29, 1.82) is 0 Å². The van der Waals surface area contributed by atoms with Gasteiger partial charge in [0.05, 0.1) is 0 Å². The van der Waals surface area contributed by atoms with Gasteiger partial charge in [0.2, 0.25) is 0 Å². The van der Waals surface area contributed by atoms with Gasteiger partial charge in [-0.1, -0.05) is 13.8 Å². The number of hydrogen-bond acceptors (Lipinski definition) is 4. The van der Waals surface area contributed by atoms with Gasteiger partial charge in [0, 0.05) is 24.8 Å². The summed E-state index contributed by atoms with van der Waals surface area (Å²) in [5.41, 5.74) is 8.49. The Morgan fingerprint density at radius 1 is 1.21 bits per heavy atom. The average molecular weight is 262 g/mol. The van der Waals surface area contributed by atoms with Crippen molar-refractivity contribution >= 4 is 5.69 Å². The number of likely N-dealkylation sites (tertiary alicyclic amines) is 1. The van der Waals surface area contributed by atoms with Gasteiger partial charge in [0.1, 0.15) is 13.2 Å². The Balaban J connectivity index is 1.78. The molecule has 0 saturated carbocycles. The molecule has 0 radical (unpaired) electrons. The van der Waals surface area contributed by atoms with Crippen LogP contribution in [0, 0.1) is 5.41 Å². The van der Waals surface area contributed by atoms with Gasteiger partial charge in [-0.25, -0.2) is 0 Å². The van der Waals surface area contributed by atoms with Crippen molar-refractivity contribution < 1.29 is 9.47 Å². The van der Waals surface area contributed by atoms with E-state index in [1.165, 1.54) is 6.42 Å². The number of anilines is 1. The fraction of sp³-hybridized carbons (Fsp3) is 0.600. The lowest BCUT2D eigenvalue weighted by Gasteiger charge is -2.23. The minimum atomic E-state index is 0.419. The van der Waals surface area contributed by atoms with E-state index in [4.69, 9.17) is 15.2 Å². The summed E-state index contributed by atoms with van der Waals surface area (Å²) in [6, 6.07) is 3.93. The molecule has 0 atom stereocenters. The summed E-state index contributed by atoms with van der Waals surface area (Å²) >= 11 is 0. The van der Waals surface area contributed by atoms with Crippen LogP contribution in [0.4, 0.5) is 5.69 Å². The van der Waals surface area contributed by atoms with Crippen molar-refractivity contribution in [3.8, 4) is 11.5 Å². The fourth-order valence-electron chi connectivity index (χ4n) is 2.88. The lowest BCUT2D eigenvalue weighted by molar-refractivity contribution is 0.171. The van der Waals surface area contributed by atoms with E-state index in [2.05, 4.69) is 18.7 Å². The number of rotatable bonds is 2. The monoisotopic (exact) mass is 262 g/mol. The van der Waals surface area contributed by atoms with E-state index < -0.39 is 0 Å². The molecule has 3 rings (SSSR count). The first-order chi connectivity index (χ1) is 9.03. The Hall–Kier alpha value is -1.42. The second-order valence-corrected chi connectivity index (χ2v) is 6.32. The van der Waals surface area contributed by atoms with E-state index in [1.807, 2.05) is 12.1 Å². The molecule has 0 aliphatic carbocycles. The van der Waals surface area contributed by atoms with Crippen molar-refractivity contribution in [3.63, 3.8) is 0 Å². The fourth-order valence-corrected chi connectivity index (χ4v) is 2.88. The molecule has 0 spiro atoms. The van der Waals surface area contributed by atoms with E-state index in [0.717, 1.165) is 42.4 Å². The molecule has 0 bridgehead atoms. The van der Waals surface area contributed by atoms with Crippen LogP contribution in [-0.2, 0) is 6.54 Å². The van der Waals surface area contributed by atoms with Gasteiger partial charge in [0.15, 0.2) is 11.5 Å². The molecular formula is C15H22N2O2. The highest BCUT2D eigenvalue weighted by Crippen LogP contribution is 2.36. The van der Waals surface area contributed by atoms with Crippen molar-refractivity contribution in [3.05, 3.63) is 17.7 Å². The molecule has 104 valence electrons. The topological polar surface area (TPSA) is 47.7 Å². The Morgan fingerprint density at radius 3 is 2.53 bits per heavy atom. The maximum absolute atomic E-state index is 6.13. The van der Waals surface area contributed by atoms with Crippen LogP contribution in [-0.4, -0.2) is 31.2 Å². The maximum Gasteiger partial charge on any atom is 0.163 e. The lowest BCUT2D eigenvalue weighted by atomic mass is 9.93. The Labute approximate surface area is 114 Å². The van der Waals surface area contributed by atoms with Crippen molar-refractivity contribution in [2.75, 3.05) is 32.0 Å². The molecule has 2 aliphatic heterocycles. The first kappa shape index (κ1) is 12.6. The van der Waals surface area contributed by atoms with Crippen molar-refractivity contribution in [2.45, 2.75) is 26.8 Å². The zero-order valence-electron chi connectivity index (χ0n) is 11.7. The summed E-state index contributed by atoms with van der Waals surface area (Å²) in [7, 11) is 0. The normalized spacial score (nSPS) is 21.6. The molecule has 4 heteroatoms. The minimum absolute atomic E-state index is 0.419. The number of benzene rings is 1. The van der Waals surface area contributed by atoms with E-state index >= 15 is 0 Å². The highest BCUT2D eigenvalue weighted by Gasteiger charge is 2.29. The molecule has 0 aromatic heterocycles. The number of nitrogens with zero attached hydrogens (tertiary/aromatic N) is 1. The van der Waals surface area contributed by atoms with Crippen molar-refractivity contribution in [2.24, 2.45) is 5.41 Å². The van der Waals surface area contributed by atoms with Crippen molar-refractivity contribution in [1.82, 2.24) is 4.90 Å². The molecule has 0 amide bonds. The van der Waals surface area contributed by atoms with Crippen LogP contribution in [0.5, 0.6) is 11.5 Å². The summed E-state index contributed by atoms with van der Waals surface area (Å²) < 4.78 is 11.2. The number of nitrogens with two attached hydrogens (primary N) is 1. The predicted octanol–water partition coefficient (Wildman–Crippen LogP) is 2.27. The third kappa shape index (κ3) is 2.63. The quantitative estimate of drug-likeness (QED) is 0.831. The highest BCUT2D eigenvalue weighted by molar-refractivity contribution is 5.58.